The van der Waals surface area contributed by atoms with E-state index in [-0.39, 0.29) is 23.6 Å². The highest BCUT2D eigenvalue weighted by Crippen LogP contribution is 2.29. The third kappa shape index (κ3) is 3.57. The molecular weight excluding hydrogens is 293 g/mol. The minimum absolute atomic E-state index is 0.0121. The number of methoxy groups -OCH3 is 1. The fraction of sp³-hybridized carbons (Fsp3) is 0.133. The average Bonchev–Trinajstić information content (AvgIpc) is 2.52. The number of carbonyl (C=O) groups is 1. The number of halogens is 1. The number of carbonyl (C=O) groups excluding carboxylic acids is 1. The van der Waals surface area contributed by atoms with Crippen molar-refractivity contribution in [2.75, 3.05) is 7.11 Å². The Kier molecular flexibility index (Phi) is 4.67. The zero-order valence-electron chi connectivity index (χ0n) is 11.6. The van der Waals surface area contributed by atoms with Crippen molar-refractivity contribution in [2.45, 2.75) is 6.61 Å². The third-order valence-corrected chi connectivity index (χ3v) is 2.86. The van der Waals surface area contributed by atoms with Crippen LogP contribution in [0, 0.1) is 15.9 Å². The first-order valence-electron chi connectivity index (χ1n) is 6.25. The second kappa shape index (κ2) is 6.66. The zero-order chi connectivity index (χ0) is 16.1. The minimum Gasteiger partial charge on any atom is -0.482 e. The predicted octanol–water partition coefficient (Wildman–Crippen LogP) is 3.10. The summed E-state index contributed by atoms with van der Waals surface area (Å²) >= 11 is 0. The van der Waals surface area contributed by atoms with Crippen LogP contribution in [0.2, 0.25) is 0 Å². The quantitative estimate of drug-likeness (QED) is 0.482. The number of hydrogen-bond acceptors (Lipinski definition) is 5. The van der Waals surface area contributed by atoms with Gasteiger partial charge in [0.05, 0.1) is 17.6 Å². The highest BCUT2D eigenvalue weighted by atomic mass is 19.1. The Morgan fingerprint density at radius 3 is 2.68 bits per heavy atom. The van der Waals surface area contributed by atoms with Crippen LogP contribution in [-0.2, 0) is 11.3 Å². The molecular formula is C15H12FNO5. The summed E-state index contributed by atoms with van der Waals surface area (Å²) in [6.45, 7) is -0.0316. The molecule has 2 aromatic rings. The maximum atomic E-state index is 13.1. The molecule has 0 spiro atoms. The molecule has 0 unspecified atom stereocenters. The van der Waals surface area contributed by atoms with E-state index in [2.05, 4.69) is 4.74 Å². The molecule has 0 bridgehead atoms. The van der Waals surface area contributed by atoms with Gasteiger partial charge in [-0.05, 0) is 29.8 Å². The van der Waals surface area contributed by atoms with Gasteiger partial charge in [-0.15, -0.1) is 0 Å². The summed E-state index contributed by atoms with van der Waals surface area (Å²) in [4.78, 5) is 21.8. The van der Waals surface area contributed by atoms with Gasteiger partial charge in [-0.2, -0.15) is 0 Å². The number of nitro groups is 1. The first kappa shape index (κ1) is 15.4. The second-order valence-corrected chi connectivity index (χ2v) is 4.35. The molecule has 22 heavy (non-hydrogen) atoms. The van der Waals surface area contributed by atoms with Crippen molar-refractivity contribution < 1.29 is 23.6 Å². The number of hydrogen-bond donors (Lipinski definition) is 0. The highest BCUT2D eigenvalue weighted by Gasteiger charge is 2.19. The van der Waals surface area contributed by atoms with Crippen LogP contribution in [0.4, 0.5) is 10.1 Å². The lowest BCUT2D eigenvalue weighted by atomic mass is 10.2. The highest BCUT2D eigenvalue weighted by molar-refractivity contribution is 5.90. The van der Waals surface area contributed by atoms with E-state index in [4.69, 9.17) is 4.74 Å². The lowest BCUT2D eigenvalue weighted by molar-refractivity contribution is -0.386. The number of benzene rings is 2. The lowest BCUT2D eigenvalue weighted by Gasteiger charge is -2.08. The van der Waals surface area contributed by atoms with Crippen LogP contribution in [0.1, 0.15) is 15.9 Å². The van der Waals surface area contributed by atoms with Crippen LogP contribution < -0.4 is 4.74 Å². The van der Waals surface area contributed by atoms with Crippen molar-refractivity contribution in [3.63, 3.8) is 0 Å². The van der Waals surface area contributed by atoms with Crippen molar-refractivity contribution in [1.29, 1.82) is 0 Å². The first-order chi connectivity index (χ1) is 10.5. The summed E-state index contributed by atoms with van der Waals surface area (Å²) in [5.74, 6) is -1.11. The molecule has 114 valence electrons. The Morgan fingerprint density at radius 1 is 1.27 bits per heavy atom. The smallest absolute Gasteiger partial charge is 0.338 e. The van der Waals surface area contributed by atoms with E-state index in [1.165, 1.54) is 37.4 Å². The topological polar surface area (TPSA) is 78.7 Å². The molecule has 0 aromatic heterocycles. The summed E-state index contributed by atoms with van der Waals surface area (Å²) in [5.41, 5.74) is 0.220. The first-order valence-corrected chi connectivity index (χ1v) is 6.25. The molecule has 0 saturated carbocycles. The molecule has 0 aliphatic rings. The Balaban J connectivity index is 2.23. The van der Waals surface area contributed by atoms with Crippen LogP contribution >= 0.6 is 0 Å². The molecule has 0 radical (unpaired) electrons. The van der Waals surface area contributed by atoms with Crippen LogP contribution in [0.3, 0.4) is 0 Å². The Hall–Kier alpha value is -2.96. The third-order valence-electron chi connectivity index (χ3n) is 2.86. The maximum absolute atomic E-state index is 13.1. The van der Waals surface area contributed by atoms with Crippen LogP contribution in [0.15, 0.2) is 42.5 Å². The van der Waals surface area contributed by atoms with Gasteiger partial charge in [-0.3, -0.25) is 10.1 Å². The number of ether oxygens (including phenoxy) is 2. The standard InChI is InChI=1S/C15H12FNO5/c1-21-15(18)11-5-6-14(13(8-11)17(19)20)22-9-10-3-2-4-12(16)7-10/h2-8H,9H2,1H3. The second-order valence-electron chi connectivity index (χ2n) is 4.35. The molecule has 0 aliphatic carbocycles. The molecule has 0 saturated heterocycles. The fourth-order valence-corrected chi connectivity index (χ4v) is 1.81. The molecule has 0 fully saturated rings. The van der Waals surface area contributed by atoms with Gasteiger partial charge in [-0.1, -0.05) is 12.1 Å². The summed E-state index contributed by atoms with van der Waals surface area (Å²) in [7, 11) is 1.18. The van der Waals surface area contributed by atoms with Gasteiger partial charge in [0.25, 0.3) is 0 Å². The minimum atomic E-state index is -0.681. The number of nitro benzene ring substituents is 1. The molecule has 0 aliphatic heterocycles. The van der Waals surface area contributed by atoms with E-state index in [1.54, 1.807) is 6.07 Å². The number of esters is 1. The molecule has 0 N–H and O–H groups in total. The summed E-state index contributed by atoms with van der Waals surface area (Å²) in [5, 5.41) is 11.1. The van der Waals surface area contributed by atoms with Gasteiger partial charge in [-0.25, -0.2) is 9.18 Å². The largest absolute Gasteiger partial charge is 0.482 e. The Labute approximate surface area is 125 Å². The van der Waals surface area contributed by atoms with Crippen molar-refractivity contribution in [3.8, 4) is 5.75 Å². The SMILES string of the molecule is COC(=O)c1ccc(OCc2cccc(F)c2)c([N+](=O)[O-])c1. The lowest BCUT2D eigenvalue weighted by Crippen LogP contribution is -2.04. The molecule has 2 rings (SSSR count). The van der Waals surface area contributed by atoms with E-state index >= 15 is 0 Å². The van der Waals surface area contributed by atoms with Crippen molar-refractivity contribution in [2.24, 2.45) is 0 Å². The van der Waals surface area contributed by atoms with Crippen LogP contribution in [-0.4, -0.2) is 18.0 Å². The summed E-state index contributed by atoms with van der Waals surface area (Å²) in [6, 6.07) is 9.46. The van der Waals surface area contributed by atoms with Gasteiger partial charge in [0, 0.05) is 6.07 Å². The van der Waals surface area contributed by atoms with Gasteiger partial charge >= 0.3 is 11.7 Å². The average molecular weight is 305 g/mol. The van der Waals surface area contributed by atoms with Gasteiger partial charge in [0.2, 0.25) is 0 Å². The number of nitrogens with zero attached hydrogens (tertiary/aromatic N) is 1. The molecule has 2 aromatic carbocycles. The van der Waals surface area contributed by atoms with Crippen molar-refractivity contribution in [3.05, 3.63) is 69.5 Å². The van der Waals surface area contributed by atoms with Crippen molar-refractivity contribution in [1.82, 2.24) is 0 Å². The van der Waals surface area contributed by atoms with E-state index in [9.17, 15) is 19.3 Å². The van der Waals surface area contributed by atoms with E-state index in [0.717, 1.165) is 6.07 Å². The van der Waals surface area contributed by atoms with Crippen LogP contribution in [0.5, 0.6) is 5.75 Å². The van der Waals surface area contributed by atoms with E-state index in [1.807, 2.05) is 0 Å². The Morgan fingerprint density at radius 2 is 2.05 bits per heavy atom. The molecule has 0 heterocycles. The van der Waals surface area contributed by atoms with E-state index in [0.29, 0.717) is 5.56 Å². The van der Waals surface area contributed by atoms with Gasteiger partial charge < -0.3 is 9.47 Å². The van der Waals surface area contributed by atoms with Crippen molar-refractivity contribution >= 4 is 11.7 Å². The number of rotatable bonds is 5. The molecule has 6 nitrogen and oxygen atoms in total. The normalized spacial score (nSPS) is 10.1. The van der Waals surface area contributed by atoms with Gasteiger partial charge in [0.1, 0.15) is 12.4 Å². The zero-order valence-corrected chi connectivity index (χ0v) is 11.6. The fourth-order valence-electron chi connectivity index (χ4n) is 1.81. The predicted molar refractivity (Wildman–Crippen MR) is 75.2 cm³/mol. The maximum Gasteiger partial charge on any atom is 0.338 e. The van der Waals surface area contributed by atoms with Crippen LogP contribution in [0.25, 0.3) is 0 Å². The summed E-state index contributed by atoms with van der Waals surface area (Å²) < 4.78 is 22.9. The van der Waals surface area contributed by atoms with Gasteiger partial charge in [0.15, 0.2) is 5.75 Å². The van der Waals surface area contributed by atoms with E-state index < -0.39 is 16.7 Å². The molecule has 7 heteroatoms. The Bertz CT molecular complexity index is 717. The monoisotopic (exact) mass is 305 g/mol. The molecule has 0 amide bonds. The summed E-state index contributed by atoms with van der Waals surface area (Å²) in [6.07, 6.45) is 0. The molecule has 0 atom stereocenters.